The first-order chi connectivity index (χ1) is 14.2. The molecule has 2 aliphatic rings. The number of thioether (sulfide) groups is 1. The second kappa shape index (κ2) is 7.65. The quantitative estimate of drug-likeness (QED) is 0.447. The molecule has 0 unspecified atom stereocenters. The first kappa shape index (κ1) is 18.4. The van der Waals surface area contributed by atoms with Crippen molar-refractivity contribution in [3.8, 4) is 0 Å². The van der Waals surface area contributed by atoms with Crippen LogP contribution in [0.1, 0.15) is 25.0 Å². The van der Waals surface area contributed by atoms with Gasteiger partial charge in [0.25, 0.3) is 0 Å². The molecule has 1 fully saturated rings. The van der Waals surface area contributed by atoms with Gasteiger partial charge in [-0.3, -0.25) is 9.89 Å². The van der Waals surface area contributed by atoms with Crippen LogP contribution in [0.25, 0.3) is 16.6 Å². The Morgan fingerprint density at radius 3 is 2.90 bits per heavy atom. The summed E-state index contributed by atoms with van der Waals surface area (Å²) in [6.07, 6.45) is 9.80. The minimum Gasteiger partial charge on any atom is -0.340 e. The summed E-state index contributed by atoms with van der Waals surface area (Å²) in [5, 5.41) is 4.45. The van der Waals surface area contributed by atoms with Crippen LogP contribution in [0, 0.1) is 0 Å². The zero-order chi connectivity index (χ0) is 19.8. The number of H-pyrrole nitrogens is 1. The molecule has 3 aromatic rings. The average molecular weight is 405 g/mol. The lowest BCUT2D eigenvalue weighted by molar-refractivity contribution is 0.291. The Bertz CT molecular complexity index is 1100. The maximum Gasteiger partial charge on any atom is 0.143 e. The highest BCUT2D eigenvalue weighted by Gasteiger charge is 2.29. The van der Waals surface area contributed by atoms with Crippen LogP contribution >= 0.6 is 11.8 Å². The van der Waals surface area contributed by atoms with Crippen molar-refractivity contribution in [3.05, 3.63) is 42.4 Å². The average Bonchev–Trinajstić information content (AvgIpc) is 3.52. The molecular weight excluding hydrogens is 380 g/mol. The number of fused-ring (bicyclic) bond motifs is 1. The largest absolute Gasteiger partial charge is 0.340 e. The number of aliphatic imine (C=N–C) groups is 1. The molecule has 2 aromatic heterocycles. The summed E-state index contributed by atoms with van der Waals surface area (Å²) < 4.78 is 0. The molecule has 6 nitrogen and oxygen atoms in total. The molecule has 2 N–H and O–H groups in total. The predicted molar refractivity (Wildman–Crippen MR) is 122 cm³/mol. The SMILES string of the molecule is C=Nc1ccc(Nc2ncnc3[nH]c(C4=CCN(C5CC5)CC4)cc23)cc1SC. The molecule has 29 heavy (non-hydrogen) atoms. The monoisotopic (exact) mass is 404 g/mol. The third kappa shape index (κ3) is 3.68. The molecule has 7 heteroatoms. The fourth-order valence-electron chi connectivity index (χ4n) is 3.94. The number of nitrogens with zero attached hydrogens (tertiary/aromatic N) is 4. The molecule has 1 aliphatic heterocycles. The summed E-state index contributed by atoms with van der Waals surface area (Å²) >= 11 is 1.65. The Morgan fingerprint density at radius 1 is 1.28 bits per heavy atom. The van der Waals surface area contributed by atoms with Crippen molar-refractivity contribution in [1.82, 2.24) is 19.9 Å². The van der Waals surface area contributed by atoms with Crippen LogP contribution in [0.3, 0.4) is 0 Å². The van der Waals surface area contributed by atoms with Gasteiger partial charge in [0, 0.05) is 35.4 Å². The van der Waals surface area contributed by atoms with Crippen molar-refractivity contribution in [2.24, 2.45) is 4.99 Å². The number of hydrogen-bond donors (Lipinski definition) is 2. The van der Waals surface area contributed by atoms with Gasteiger partial charge in [0.15, 0.2) is 0 Å². The summed E-state index contributed by atoms with van der Waals surface area (Å²) in [6, 6.07) is 9.05. The molecule has 0 atom stereocenters. The van der Waals surface area contributed by atoms with Gasteiger partial charge >= 0.3 is 0 Å². The lowest BCUT2D eigenvalue weighted by Gasteiger charge is -2.25. The van der Waals surface area contributed by atoms with Crippen LogP contribution in [-0.4, -0.2) is 52.0 Å². The minimum atomic E-state index is 0.805. The van der Waals surface area contributed by atoms with E-state index in [1.807, 2.05) is 18.4 Å². The van der Waals surface area contributed by atoms with E-state index in [0.29, 0.717) is 0 Å². The Labute approximate surface area is 174 Å². The Balaban J connectivity index is 1.43. The molecule has 1 saturated carbocycles. The zero-order valence-electron chi connectivity index (χ0n) is 16.5. The minimum absolute atomic E-state index is 0.805. The number of benzene rings is 1. The van der Waals surface area contributed by atoms with Gasteiger partial charge in [0.2, 0.25) is 0 Å². The standard InChI is InChI=1S/C22H24N6S/c1-23-18-6-3-15(11-20(18)29-2)26-21-17-12-19(27-22(17)25-13-24-21)14-7-9-28(10-8-14)16-4-5-16/h3,6-7,11-13,16H,1,4-5,8-10H2,2H3,(H2,24,25,26,27). The number of aromatic nitrogens is 3. The van der Waals surface area contributed by atoms with Crippen LogP contribution in [-0.2, 0) is 0 Å². The van der Waals surface area contributed by atoms with Gasteiger partial charge in [-0.15, -0.1) is 11.8 Å². The molecule has 0 saturated heterocycles. The van der Waals surface area contributed by atoms with Crippen molar-refractivity contribution in [2.45, 2.75) is 30.2 Å². The molecule has 5 rings (SSSR count). The van der Waals surface area contributed by atoms with E-state index in [-0.39, 0.29) is 0 Å². The summed E-state index contributed by atoms with van der Waals surface area (Å²) in [6.45, 7) is 5.83. The zero-order valence-corrected chi connectivity index (χ0v) is 17.3. The molecule has 0 radical (unpaired) electrons. The maximum atomic E-state index is 4.49. The second-order valence-corrected chi connectivity index (χ2v) is 8.39. The Hall–Kier alpha value is -2.64. The fourth-order valence-corrected chi connectivity index (χ4v) is 4.52. The van der Waals surface area contributed by atoms with Crippen molar-refractivity contribution in [2.75, 3.05) is 24.7 Å². The number of hydrogen-bond acceptors (Lipinski definition) is 6. The van der Waals surface area contributed by atoms with Crippen molar-refractivity contribution in [3.63, 3.8) is 0 Å². The van der Waals surface area contributed by atoms with Crippen molar-refractivity contribution < 1.29 is 0 Å². The van der Waals surface area contributed by atoms with Gasteiger partial charge in [-0.2, -0.15) is 0 Å². The smallest absolute Gasteiger partial charge is 0.143 e. The first-order valence-corrected chi connectivity index (χ1v) is 11.2. The van der Waals surface area contributed by atoms with Crippen LogP contribution in [0.4, 0.5) is 17.2 Å². The van der Waals surface area contributed by atoms with E-state index < -0.39 is 0 Å². The van der Waals surface area contributed by atoms with E-state index in [1.165, 1.54) is 18.4 Å². The number of aromatic amines is 1. The summed E-state index contributed by atoms with van der Waals surface area (Å²) in [5.74, 6) is 0.805. The third-order valence-corrected chi connectivity index (χ3v) is 6.46. The number of anilines is 2. The molecule has 148 valence electrons. The first-order valence-electron chi connectivity index (χ1n) is 9.94. The summed E-state index contributed by atoms with van der Waals surface area (Å²) in [4.78, 5) is 20.2. The molecule has 1 aromatic carbocycles. The van der Waals surface area contributed by atoms with Gasteiger partial charge < -0.3 is 10.3 Å². The molecule has 1 aliphatic carbocycles. The highest BCUT2D eigenvalue weighted by atomic mass is 32.2. The van der Waals surface area contributed by atoms with Crippen molar-refractivity contribution >= 4 is 52.3 Å². The van der Waals surface area contributed by atoms with E-state index in [2.05, 4.69) is 55.1 Å². The van der Waals surface area contributed by atoms with Gasteiger partial charge in [-0.25, -0.2) is 9.97 Å². The van der Waals surface area contributed by atoms with E-state index in [9.17, 15) is 0 Å². The van der Waals surface area contributed by atoms with Crippen LogP contribution in [0.2, 0.25) is 0 Å². The summed E-state index contributed by atoms with van der Waals surface area (Å²) in [7, 11) is 0. The van der Waals surface area contributed by atoms with E-state index in [1.54, 1.807) is 18.1 Å². The number of rotatable bonds is 6. The molecule has 0 bridgehead atoms. The van der Waals surface area contributed by atoms with Gasteiger partial charge in [0.05, 0.1) is 11.1 Å². The molecule has 3 heterocycles. The van der Waals surface area contributed by atoms with Gasteiger partial charge in [-0.1, -0.05) is 6.08 Å². The van der Waals surface area contributed by atoms with E-state index in [0.717, 1.165) is 64.4 Å². The number of nitrogens with one attached hydrogen (secondary N) is 2. The van der Waals surface area contributed by atoms with Crippen LogP contribution < -0.4 is 5.32 Å². The lowest BCUT2D eigenvalue weighted by atomic mass is 10.0. The molecule has 0 spiro atoms. The predicted octanol–water partition coefficient (Wildman–Crippen LogP) is 5.01. The normalized spacial score (nSPS) is 17.3. The van der Waals surface area contributed by atoms with Crippen LogP contribution in [0.15, 0.2) is 46.6 Å². The molecule has 0 amide bonds. The van der Waals surface area contributed by atoms with Crippen molar-refractivity contribution in [1.29, 1.82) is 0 Å². The highest BCUT2D eigenvalue weighted by molar-refractivity contribution is 7.98. The second-order valence-electron chi connectivity index (χ2n) is 7.54. The van der Waals surface area contributed by atoms with E-state index in [4.69, 9.17) is 0 Å². The third-order valence-electron chi connectivity index (χ3n) is 5.69. The van der Waals surface area contributed by atoms with Crippen LogP contribution in [0.5, 0.6) is 0 Å². The fraction of sp³-hybridized carbons (Fsp3) is 0.318. The summed E-state index contributed by atoms with van der Waals surface area (Å²) in [5.41, 5.74) is 5.25. The highest BCUT2D eigenvalue weighted by Crippen LogP contribution is 2.34. The Morgan fingerprint density at radius 2 is 2.17 bits per heavy atom. The Kier molecular flexibility index (Phi) is 4.85. The maximum absolute atomic E-state index is 4.49. The lowest BCUT2D eigenvalue weighted by Crippen LogP contribution is -2.30. The molecular formula is C22H24N6S. The van der Waals surface area contributed by atoms with E-state index >= 15 is 0 Å². The topological polar surface area (TPSA) is 69.2 Å². The van der Waals surface area contributed by atoms with Gasteiger partial charge in [-0.05, 0) is 62.1 Å². The van der Waals surface area contributed by atoms with Gasteiger partial charge in [0.1, 0.15) is 17.8 Å².